The lowest BCUT2D eigenvalue weighted by atomic mass is 9.98. The van der Waals surface area contributed by atoms with Gasteiger partial charge in [0.05, 0.1) is 6.42 Å². The summed E-state index contributed by atoms with van der Waals surface area (Å²) in [6, 6.07) is 26.6. The van der Waals surface area contributed by atoms with Crippen molar-refractivity contribution in [3.05, 3.63) is 101 Å². The van der Waals surface area contributed by atoms with Crippen LogP contribution in [0.15, 0.2) is 78.9 Å². The number of carbonyl (C=O) groups is 1. The van der Waals surface area contributed by atoms with Crippen molar-refractivity contribution in [1.82, 2.24) is 0 Å². The molecule has 0 aliphatic carbocycles. The minimum absolute atomic E-state index is 0.00583. The lowest BCUT2D eigenvalue weighted by molar-refractivity contribution is -0.137. The van der Waals surface area contributed by atoms with Gasteiger partial charge in [0, 0.05) is 0 Å². The molecule has 0 aliphatic rings. The fraction of sp³-hybridized carbons (Fsp3) is 0.208. The van der Waals surface area contributed by atoms with Crippen molar-refractivity contribution in [3.8, 4) is 5.75 Å². The second kappa shape index (κ2) is 9.04. The molecule has 3 rings (SSSR count). The number of hydrogen-bond donors (Lipinski definition) is 1. The first-order valence-corrected chi connectivity index (χ1v) is 9.16. The van der Waals surface area contributed by atoms with E-state index in [0.29, 0.717) is 6.61 Å². The second-order valence-electron chi connectivity index (χ2n) is 6.84. The zero-order valence-electron chi connectivity index (χ0n) is 15.5. The molecule has 0 bridgehead atoms. The Hall–Kier alpha value is -3.07. The van der Waals surface area contributed by atoms with Crippen LogP contribution < -0.4 is 4.74 Å². The highest BCUT2D eigenvalue weighted by Crippen LogP contribution is 2.22. The number of benzene rings is 3. The lowest BCUT2D eigenvalue weighted by Crippen LogP contribution is -2.03. The Labute approximate surface area is 160 Å². The maximum atomic E-state index is 10.8. The average Bonchev–Trinajstić information content (AvgIpc) is 2.68. The Balaban J connectivity index is 1.53. The first kappa shape index (κ1) is 18.7. The maximum Gasteiger partial charge on any atom is 0.303 e. The molecule has 0 fully saturated rings. The second-order valence-corrected chi connectivity index (χ2v) is 6.84. The molecule has 3 heteroatoms. The van der Waals surface area contributed by atoms with Crippen molar-refractivity contribution < 1.29 is 14.6 Å². The van der Waals surface area contributed by atoms with Crippen molar-refractivity contribution in [2.75, 3.05) is 0 Å². The highest BCUT2D eigenvalue weighted by Gasteiger charge is 2.10. The molecule has 0 saturated heterocycles. The van der Waals surface area contributed by atoms with Crippen LogP contribution >= 0.6 is 0 Å². The highest BCUT2D eigenvalue weighted by molar-refractivity contribution is 5.68. The van der Waals surface area contributed by atoms with Crippen LogP contribution in [0.3, 0.4) is 0 Å². The third-order valence-electron chi connectivity index (χ3n) is 4.61. The van der Waals surface area contributed by atoms with Crippen LogP contribution in [0.25, 0.3) is 0 Å². The van der Waals surface area contributed by atoms with Gasteiger partial charge in [-0.3, -0.25) is 4.79 Å². The molecule has 1 atom stereocenters. The molecule has 3 nitrogen and oxygen atoms in total. The summed E-state index contributed by atoms with van der Waals surface area (Å²) in [7, 11) is 0. The zero-order valence-corrected chi connectivity index (χ0v) is 15.5. The van der Waals surface area contributed by atoms with Gasteiger partial charge < -0.3 is 9.84 Å². The molecule has 27 heavy (non-hydrogen) atoms. The van der Waals surface area contributed by atoms with Gasteiger partial charge in [0.1, 0.15) is 12.4 Å². The minimum atomic E-state index is -0.779. The topological polar surface area (TPSA) is 46.5 Å². The zero-order chi connectivity index (χ0) is 19.1. The van der Waals surface area contributed by atoms with E-state index < -0.39 is 5.97 Å². The molecular weight excluding hydrogens is 336 g/mol. The number of ether oxygens (including phenoxy) is 1. The molecule has 138 valence electrons. The number of aliphatic carboxylic acids is 1. The van der Waals surface area contributed by atoms with Gasteiger partial charge in [-0.15, -0.1) is 0 Å². The molecule has 0 aliphatic heterocycles. The molecule has 0 heterocycles. The number of carboxylic acids is 1. The predicted octanol–water partition coefficient (Wildman–Crippen LogP) is 5.43. The van der Waals surface area contributed by atoms with E-state index >= 15 is 0 Å². The quantitative estimate of drug-likeness (QED) is 0.582. The van der Waals surface area contributed by atoms with Crippen molar-refractivity contribution in [1.29, 1.82) is 0 Å². The van der Waals surface area contributed by atoms with Crippen LogP contribution in [0, 0.1) is 0 Å². The molecule has 0 radical (unpaired) electrons. The molecule has 3 aromatic carbocycles. The molecule has 1 N–H and O–H groups in total. The molecule has 0 amide bonds. The van der Waals surface area contributed by atoms with Gasteiger partial charge in [0.25, 0.3) is 0 Å². The summed E-state index contributed by atoms with van der Waals surface area (Å²) in [5.74, 6) is 0.00174. The van der Waals surface area contributed by atoms with E-state index in [1.165, 1.54) is 11.1 Å². The predicted molar refractivity (Wildman–Crippen MR) is 107 cm³/mol. The molecule has 0 spiro atoms. The molecule has 3 aromatic rings. The van der Waals surface area contributed by atoms with Crippen molar-refractivity contribution in [3.63, 3.8) is 0 Å². The lowest BCUT2D eigenvalue weighted by Gasteiger charge is -2.11. The highest BCUT2D eigenvalue weighted by atomic mass is 16.5. The SMILES string of the molecule is CC(CC(=O)O)c1ccc(OCc2ccc(Cc3ccccc3)cc2)cc1. The van der Waals surface area contributed by atoms with E-state index in [1.807, 2.05) is 37.3 Å². The van der Waals surface area contributed by atoms with Crippen LogP contribution in [0.4, 0.5) is 0 Å². The van der Waals surface area contributed by atoms with Gasteiger partial charge in [-0.1, -0.05) is 73.7 Å². The summed E-state index contributed by atoms with van der Waals surface area (Å²) in [6.07, 6.45) is 1.06. The van der Waals surface area contributed by atoms with Crippen molar-refractivity contribution in [2.45, 2.75) is 32.3 Å². The summed E-state index contributed by atoms with van der Waals surface area (Å²) in [4.78, 5) is 10.8. The van der Waals surface area contributed by atoms with Crippen molar-refractivity contribution in [2.24, 2.45) is 0 Å². The van der Waals surface area contributed by atoms with Crippen LogP contribution in [0.5, 0.6) is 5.75 Å². The van der Waals surface area contributed by atoms with Gasteiger partial charge >= 0.3 is 5.97 Å². The first-order chi connectivity index (χ1) is 13.1. The third-order valence-corrected chi connectivity index (χ3v) is 4.61. The van der Waals surface area contributed by atoms with Crippen LogP contribution in [0.2, 0.25) is 0 Å². The number of hydrogen-bond acceptors (Lipinski definition) is 2. The normalized spacial score (nSPS) is 11.7. The maximum absolute atomic E-state index is 10.8. The van der Waals surface area contributed by atoms with Crippen LogP contribution in [-0.2, 0) is 17.8 Å². The Morgan fingerprint density at radius 1 is 0.852 bits per heavy atom. The smallest absolute Gasteiger partial charge is 0.303 e. The van der Waals surface area contributed by atoms with Gasteiger partial charge in [0.2, 0.25) is 0 Å². The summed E-state index contributed by atoms with van der Waals surface area (Å²) in [6.45, 7) is 2.43. The third kappa shape index (κ3) is 5.71. The average molecular weight is 360 g/mol. The van der Waals surface area contributed by atoms with E-state index in [0.717, 1.165) is 23.3 Å². The summed E-state index contributed by atoms with van der Waals surface area (Å²) >= 11 is 0. The Bertz CT molecular complexity index is 852. The minimum Gasteiger partial charge on any atom is -0.489 e. The van der Waals surface area contributed by atoms with E-state index in [4.69, 9.17) is 9.84 Å². The molecule has 0 aromatic heterocycles. The first-order valence-electron chi connectivity index (χ1n) is 9.16. The molecular formula is C24H24O3. The summed E-state index contributed by atoms with van der Waals surface area (Å²) in [5.41, 5.74) is 4.71. The Morgan fingerprint density at radius 3 is 2.07 bits per heavy atom. The van der Waals surface area contributed by atoms with E-state index in [1.54, 1.807) is 0 Å². The molecule has 1 unspecified atom stereocenters. The van der Waals surface area contributed by atoms with Gasteiger partial charge in [0.15, 0.2) is 0 Å². The largest absolute Gasteiger partial charge is 0.489 e. The van der Waals surface area contributed by atoms with E-state index in [-0.39, 0.29) is 12.3 Å². The fourth-order valence-electron chi connectivity index (χ4n) is 3.02. The fourth-order valence-corrected chi connectivity index (χ4v) is 3.02. The monoisotopic (exact) mass is 360 g/mol. The summed E-state index contributed by atoms with van der Waals surface area (Å²) < 4.78 is 5.85. The number of rotatable bonds is 8. The number of carboxylic acid groups (broad SMARTS) is 1. The standard InChI is InChI=1S/C24H24O3/c1-18(15-24(25)26)22-11-13-23(14-12-22)27-17-21-9-7-20(8-10-21)16-19-5-3-2-4-6-19/h2-14,18H,15-17H2,1H3,(H,25,26). The van der Waals surface area contributed by atoms with Gasteiger partial charge in [-0.05, 0) is 46.7 Å². The molecule has 0 saturated carbocycles. The van der Waals surface area contributed by atoms with Crippen LogP contribution in [0.1, 0.15) is 41.5 Å². The summed E-state index contributed by atoms with van der Waals surface area (Å²) in [5, 5.41) is 8.89. The van der Waals surface area contributed by atoms with Gasteiger partial charge in [-0.25, -0.2) is 0 Å². The Morgan fingerprint density at radius 2 is 1.44 bits per heavy atom. The van der Waals surface area contributed by atoms with Crippen molar-refractivity contribution >= 4 is 5.97 Å². The van der Waals surface area contributed by atoms with E-state index in [2.05, 4.69) is 48.5 Å². The van der Waals surface area contributed by atoms with Gasteiger partial charge in [-0.2, -0.15) is 0 Å². The van der Waals surface area contributed by atoms with Crippen LogP contribution in [-0.4, -0.2) is 11.1 Å². The van der Waals surface area contributed by atoms with E-state index in [9.17, 15) is 4.79 Å². The Kier molecular flexibility index (Phi) is 6.26.